The summed E-state index contributed by atoms with van der Waals surface area (Å²) in [5.41, 5.74) is -0.0821. The highest BCUT2D eigenvalue weighted by Crippen LogP contribution is 2.26. The van der Waals surface area contributed by atoms with Crippen LogP contribution in [0.5, 0.6) is 5.75 Å². The summed E-state index contributed by atoms with van der Waals surface area (Å²) in [7, 11) is -2.63. The van der Waals surface area contributed by atoms with E-state index in [0.29, 0.717) is 10.9 Å². The van der Waals surface area contributed by atoms with Gasteiger partial charge in [-0.2, -0.15) is 8.42 Å². The van der Waals surface area contributed by atoms with Crippen LogP contribution in [0.15, 0.2) is 62.6 Å². The first-order valence-corrected chi connectivity index (χ1v) is 9.54. The number of hydrogen-bond acceptors (Lipinski definition) is 6. The third-order valence-electron chi connectivity index (χ3n) is 3.72. The van der Waals surface area contributed by atoms with Gasteiger partial charge in [0.15, 0.2) is 0 Å². The molecule has 0 atom stereocenters. The fourth-order valence-corrected chi connectivity index (χ4v) is 3.69. The average molecular weight is 408 g/mol. The maximum atomic E-state index is 12.4. The molecular weight excluding hydrogens is 394 g/mol. The third-order valence-corrected chi connectivity index (χ3v) is 5.20. The molecule has 0 unspecified atom stereocenters. The highest BCUT2D eigenvalue weighted by Gasteiger charge is 2.18. The first kappa shape index (κ1) is 18.9. The van der Waals surface area contributed by atoms with Gasteiger partial charge in [0.25, 0.3) is 0 Å². The average Bonchev–Trinajstić information content (AvgIpc) is 2.60. The Hall–Kier alpha value is -2.84. The Morgan fingerprint density at radius 1 is 1.19 bits per heavy atom. The zero-order chi connectivity index (χ0) is 19.6. The van der Waals surface area contributed by atoms with Crippen LogP contribution in [-0.4, -0.2) is 21.4 Å². The van der Waals surface area contributed by atoms with Gasteiger partial charge in [0.2, 0.25) is 5.91 Å². The van der Waals surface area contributed by atoms with Gasteiger partial charge in [0.05, 0.1) is 6.42 Å². The van der Waals surface area contributed by atoms with Crippen molar-refractivity contribution < 1.29 is 21.8 Å². The lowest BCUT2D eigenvalue weighted by atomic mass is 10.1. The van der Waals surface area contributed by atoms with Crippen LogP contribution in [0.2, 0.25) is 5.02 Å². The fraction of sp³-hybridized carbons (Fsp3) is 0.111. The van der Waals surface area contributed by atoms with E-state index in [0.717, 1.165) is 0 Å². The molecule has 7 nitrogen and oxygen atoms in total. The van der Waals surface area contributed by atoms with E-state index >= 15 is 0 Å². The molecule has 0 fully saturated rings. The molecule has 0 radical (unpaired) electrons. The summed E-state index contributed by atoms with van der Waals surface area (Å²) in [5.74, 6) is -0.312. The smallest absolute Gasteiger partial charge is 0.339 e. The van der Waals surface area contributed by atoms with Crippen molar-refractivity contribution in [3.63, 3.8) is 0 Å². The van der Waals surface area contributed by atoms with E-state index in [1.54, 1.807) is 6.07 Å². The molecule has 0 spiro atoms. The number of likely N-dealkylation sites (N-methyl/N-ethyl adjacent to an activating group) is 1. The van der Waals surface area contributed by atoms with Gasteiger partial charge in [-0.3, -0.25) is 4.79 Å². The highest BCUT2D eigenvalue weighted by molar-refractivity contribution is 7.87. The first-order chi connectivity index (χ1) is 12.8. The SMILES string of the molecule is CNC(=O)Cc1cc(=O)oc2cc(OS(=O)(=O)c3cccc(Cl)c3)ccc12. The molecule has 0 aliphatic carbocycles. The van der Waals surface area contributed by atoms with Crippen molar-refractivity contribution in [2.75, 3.05) is 7.05 Å². The molecule has 1 heterocycles. The Bertz CT molecular complexity index is 1190. The van der Waals surface area contributed by atoms with Gasteiger partial charge in [0, 0.05) is 29.6 Å². The fourth-order valence-electron chi connectivity index (χ4n) is 2.47. The summed E-state index contributed by atoms with van der Waals surface area (Å²) in [6.07, 6.45) is -0.0143. The minimum absolute atomic E-state index is 0.0143. The van der Waals surface area contributed by atoms with E-state index in [9.17, 15) is 18.0 Å². The van der Waals surface area contributed by atoms with E-state index in [1.165, 1.54) is 49.5 Å². The second-order valence-electron chi connectivity index (χ2n) is 5.59. The van der Waals surface area contributed by atoms with E-state index in [4.69, 9.17) is 20.2 Å². The summed E-state index contributed by atoms with van der Waals surface area (Å²) in [6.45, 7) is 0. The molecule has 1 amide bonds. The molecule has 0 aliphatic rings. The lowest BCUT2D eigenvalue weighted by Crippen LogP contribution is -2.20. The lowest BCUT2D eigenvalue weighted by Gasteiger charge is -2.09. The van der Waals surface area contributed by atoms with Gasteiger partial charge in [-0.15, -0.1) is 0 Å². The number of amides is 1. The minimum Gasteiger partial charge on any atom is -0.423 e. The molecule has 27 heavy (non-hydrogen) atoms. The molecule has 0 saturated carbocycles. The third kappa shape index (κ3) is 4.29. The summed E-state index contributed by atoms with van der Waals surface area (Å²) in [5, 5.41) is 3.23. The van der Waals surface area contributed by atoms with Crippen molar-refractivity contribution in [1.29, 1.82) is 0 Å². The maximum Gasteiger partial charge on any atom is 0.339 e. The number of nitrogens with one attached hydrogen (secondary N) is 1. The van der Waals surface area contributed by atoms with Crippen LogP contribution in [0.3, 0.4) is 0 Å². The van der Waals surface area contributed by atoms with Gasteiger partial charge < -0.3 is 13.9 Å². The van der Waals surface area contributed by atoms with E-state index in [1.807, 2.05) is 0 Å². The summed E-state index contributed by atoms with van der Waals surface area (Å²) in [6, 6.07) is 11.1. The summed E-state index contributed by atoms with van der Waals surface area (Å²) >= 11 is 5.82. The number of fused-ring (bicyclic) bond motifs is 1. The molecule has 140 valence electrons. The van der Waals surface area contributed by atoms with Crippen LogP contribution in [0, 0.1) is 0 Å². The molecule has 9 heteroatoms. The summed E-state index contributed by atoms with van der Waals surface area (Å²) < 4.78 is 35.0. The summed E-state index contributed by atoms with van der Waals surface area (Å²) in [4.78, 5) is 23.3. The van der Waals surface area contributed by atoms with Crippen molar-refractivity contribution in [1.82, 2.24) is 5.32 Å². The minimum atomic E-state index is -4.12. The van der Waals surface area contributed by atoms with Crippen LogP contribution in [0.4, 0.5) is 0 Å². The van der Waals surface area contributed by atoms with Crippen LogP contribution in [0.25, 0.3) is 11.0 Å². The van der Waals surface area contributed by atoms with Crippen LogP contribution in [0.1, 0.15) is 5.56 Å². The Morgan fingerprint density at radius 2 is 1.96 bits per heavy atom. The molecule has 0 saturated heterocycles. The van der Waals surface area contributed by atoms with Crippen molar-refractivity contribution in [2.24, 2.45) is 0 Å². The number of halogens is 1. The van der Waals surface area contributed by atoms with Crippen molar-refractivity contribution >= 4 is 38.6 Å². The quantitative estimate of drug-likeness (QED) is 0.515. The first-order valence-electron chi connectivity index (χ1n) is 7.76. The molecule has 0 aliphatic heterocycles. The lowest BCUT2D eigenvalue weighted by molar-refractivity contribution is -0.119. The van der Waals surface area contributed by atoms with Gasteiger partial charge >= 0.3 is 15.7 Å². The van der Waals surface area contributed by atoms with Crippen LogP contribution in [-0.2, 0) is 21.3 Å². The van der Waals surface area contributed by atoms with Gasteiger partial charge in [0.1, 0.15) is 16.2 Å². The Balaban J connectivity index is 2.00. The zero-order valence-electron chi connectivity index (χ0n) is 14.1. The molecule has 2 aromatic carbocycles. The maximum absolute atomic E-state index is 12.4. The molecule has 0 bridgehead atoms. The number of rotatable bonds is 5. The molecule has 1 N–H and O–H groups in total. The Kier molecular flexibility index (Phi) is 5.20. The zero-order valence-corrected chi connectivity index (χ0v) is 15.6. The van der Waals surface area contributed by atoms with E-state index in [-0.39, 0.29) is 33.6 Å². The van der Waals surface area contributed by atoms with E-state index in [2.05, 4.69) is 5.32 Å². The second kappa shape index (κ2) is 7.42. The normalized spacial score (nSPS) is 11.3. The number of hydrogen-bond donors (Lipinski definition) is 1. The number of carbonyl (C=O) groups excluding carboxylic acids is 1. The standard InChI is InChI=1S/C18H14ClNO6S/c1-20-17(21)7-11-8-18(22)25-16-10-13(5-6-15(11)16)26-27(23,24)14-4-2-3-12(19)9-14/h2-6,8-10H,7H2,1H3,(H,20,21). The van der Waals surface area contributed by atoms with Gasteiger partial charge in [-0.1, -0.05) is 17.7 Å². The van der Waals surface area contributed by atoms with Gasteiger partial charge in [-0.05, 0) is 35.9 Å². The Morgan fingerprint density at radius 3 is 2.67 bits per heavy atom. The van der Waals surface area contributed by atoms with E-state index < -0.39 is 15.7 Å². The van der Waals surface area contributed by atoms with Crippen LogP contribution < -0.4 is 15.1 Å². The largest absolute Gasteiger partial charge is 0.423 e. The molecule has 3 aromatic rings. The molecular formula is C18H14ClNO6S. The highest BCUT2D eigenvalue weighted by atomic mass is 35.5. The topological polar surface area (TPSA) is 103 Å². The Labute approximate surface area is 159 Å². The second-order valence-corrected chi connectivity index (χ2v) is 7.58. The predicted molar refractivity (Wildman–Crippen MR) is 99.5 cm³/mol. The molecule has 1 aromatic heterocycles. The van der Waals surface area contributed by atoms with Crippen molar-refractivity contribution in [3.8, 4) is 5.75 Å². The monoisotopic (exact) mass is 407 g/mol. The number of carbonyl (C=O) groups is 1. The van der Waals surface area contributed by atoms with Crippen molar-refractivity contribution in [2.45, 2.75) is 11.3 Å². The predicted octanol–water partition coefficient (Wildman–Crippen LogP) is 2.50. The number of benzene rings is 2. The van der Waals surface area contributed by atoms with Gasteiger partial charge in [-0.25, -0.2) is 4.79 Å². The van der Waals surface area contributed by atoms with Crippen LogP contribution >= 0.6 is 11.6 Å². The van der Waals surface area contributed by atoms with Crippen molar-refractivity contribution in [3.05, 3.63) is 69.5 Å². The molecule has 3 rings (SSSR count).